The summed E-state index contributed by atoms with van der Waals surface area (Å²) < 4.78 is 44.2. The number of amides is 1. The van der Waals surface area contributed by atoms with Crippen molar-refractivity contribution >= 4 is 5.91 Å². The summed E-state index contributed by atoms with van der Waals surface area (Å²) >= 11 is 0. The number of alkyl halides is 3. The van der Waals surface area contributed by atoms with Gasteiger partial charge in [-0.15, -0.1) is 0 Å². The zero-order valence-corrected chi connectivity index (χ0v) is 16.9. The van der Waals surface area contributed by atoms with E-state index in [1.807, 2.05) is 4.90 Å². The van der Waals surface area contributed by atoms with Gasteiger partial charge in [-0.05, 0) is 69.1 Å². The van der Waals surface area contributed by atoms with Crippen LogP contribution in [0.2, 0.25) is 0 Å². The number of hydrogen-bond donors (Lipinski definition) is 1. The van der Waals surface area contributed by atoms with E-state index < -0.39 is 17.3 Å². The number of nitrogens with zero attached hydrogens (tertiary/aromatic N) is 1. The number of methoxy groups -OCH3 is 1. The van der Waals surface area contributed by atoms with E-state index in [0.717, 1.165) is 50.4 Å². The molecule has 1 amide bonds. The summed E-state index contributed by atoms with van der Waals surface area (Å²) in [5.74, 6) is 0.227. The molecule has 160 valence electrons. The Morgan fingerprint density at radius 3 is 2.34 bits per heavy atom. The molecule has 0 unspecified atom stereocenters. The van der Waals surface area contributed by atoms with Crippen molar-refractivity contribution in [3.05, 3.63) is 29.3 Å². The Morgan fingerprint density at radius 1 is 1.21 bits per heavy atom. The molecule has 3 aliphatic rings. The van der Waals surface area contributed by atoms with E-state index in [0.29, 0.717) is 12.8 Å². The van der Waals surface area contributed by atoms with Gasteiger partial charge in [-0.3, -0.25) is 4.79 Å². The van der Waals surface area contributed by atoms with E-state index in [1.54, 1.807) is 13.0 Å². The molecule has 3 fully saturated rings. The van der Waals surface area contributed by atoms with Crippen molar-refractivity contribution in [2.45, 2.75) is 63.1 Å². The predicted octanol–water partition coefficient (Wildman–Crippen LogP) is 4.36. The SMILES string of the molecule is COc1cc(C2CCC3(CC2)CN(C(=O)[C@H]2C[C@@](C)(O)C2)C3)ccc1C(F)(F)F. The van der Waals surface area contributed by atoms with Crippen LogP contribution in [0.1, 0.15) is 62.5 Å². The molecule has 1 aliphatic heterocycles. The Morgan fingerprint density at radius 2 is 1.83 bits per heavy atom. The lowest BCUT2D eigenvalue weighted by Crippen LogP contribution is -2.62. The molecule has 1 heterocycles. The highest BCUT2D eigenvalue weighted by Crippen LogP contribution is 2.50. The van der Waals surface area contributed by atoms with Gasteiger partial charge >= 0.3 is 6.18 Å². The molecule has 4 nitrogen and oxygen atoms in total. The van der Waals surface area contributed by atoms with Crippen molar-refractivity contribution in [2.24, 2.45) is 11.3 Å². The maximum Gasteiger partial charge on any atom is 0.419 e. The molecule has 1 spiro atoms. The summed E-state index contributed by atoms with van der Waals surface area (Å²) in [5, 5.41) is 9.84. The lowest BCUT2D eigenvalue weighted by atomic mass is 9.63. The molecule has 1 N–H and O–H groups in total. The van der Waals surface area contributed by atoms with Gasteiger partial charge in [0, 0.05) is 24.4 Å². The average molecular weight is 411 g/mol. The molecular weight excluding hydrogens is 383 g/mol. The topological polar surface area (TPSA) is 49.8 Å². The number of ether oxygens (including phenoxy) is 1. The molecule has 0 radical (unpaired) electrons. The van der Waals surface area contributed by atoms with Crippen LogP contribution < -0.4 is 4.74 Å². The van der Waals surface area contributed by atoms with E-state index in [2.05, 4.69) is 0 Å². The minimum absolute atomic E-state index is 0.0432. The van der Waals surface area contributed by atoms with E-state index in [1.165, 1.54) is 13.2 Å². The largest absolute Gasteiger partial charge is 0.496 e. The molecule has 0 atom stereocenters. The van der Waals surface area contributed by atoms with Gasteiger partial charge in [0.15, 0.2) is 0 Å². The Balaban J connectivity index is 1.33. The monoisotopic (exact) mass is 411 g/mol. The van der Waals surface area contributed by atoms with Crippen molar-refractivity contribution in [3.63, 3.8) is 0 Å². The average Bonchev–Trinajstić information content (AvgIpc) is 2.62. The van der Waals surface area contributed by atoms with E-state index in [4.69, 9.17) is 4.74 Å². The van der Waals surface area contributed by atoms with Crippen LogP contribution in [0.25, 0.3) is 0 Å². The molecule has 0 bridgehead atoms. The highest BCUT2D eigenvalue weighted by molar-refractivity contribution is 5.81. The molecule has 1 aromatic rings. The second kappa shape index (κ2) is 6.89. The summed E-state index contributed by atoms with van der Waals surface area (Å²) in [6, 6.07) is 4.23. The second-order valence-electron chi connectivity index (χ2n) is 9.53. The molecule has 1 aromatic carbocycles. The zero-order chi connectivity index (χ0) is 21.0. The number of likely N-dealkylation sites (tertiary alicyclic amines) is 1. The smallest absolute Gasteiger partial charge is 0.419 e. The van der Waals surface area contributed by atoms with Crippen LogP contribution in [0, 0.1) is 11.3 Å². The van der Waals surface area contributed by atoms with Crippen molar-refractivity contribution in [3.8, 4) is 5.75 Å². The number of halogens is 3. The molecule has 2 aliphatic carbocycles. The first kappa shape index (κ1) is 20.5. The highest BCUT2D eigenvalue weighted by atomic mass is 19.4. The third-order valence-corrected chi connectivity index (χ3v) is 7.13. The quantitative estimate of drug-likeness (QED) is 0.804. The van der Waals surface area contributed by atoms with Crippen LogP contribution in [0.5, 0.6) is 5.75 Å². The molecular formula is C22H28F3NO3. The first-order valence-electron chi connectivity index (χ1n) is 10.3. The van der Waals surface area contributed by atoms with Gasteiger partial charge in [0.25, 0.3) is 0 Å². The maximum atomic E-state index is 13.1. The van der Waals surface area contributed by atoms with Crippen LogP contribution in [-0.4, -0.2) is 41.7 Å². The van der Waals surface area contributed by atoms with Gasteiger partial charge in [-0.1, -0.05) is 6.07 Å². The zero-order valence-electron chi connectivity index (χ0n) is 16.9. The number of carbonyl (C=O) groups excluding carboxylic acids is 1. The molecule has 7 heteroatoms. The minimum Gasteiger partial charge on any atom is -0.496 e. The Hall–Kier alpha value is -1.76. The fourth-order valence-corrected chi connectivity index (χ4v) is 5.43. The van der Waals surface area contributed by atoms with E-state index in [-0.39, 0.29) is 28.9 Å². The van der Waals surface area contributed by atoms with Crippen molar-refractivity contribution in [1.82, 2.24) is 4.90 Å². The van der Waals surface area contributed by atoms with Gasteiger partial charge < -0.3 is 14.7 Å². The molecule has 29 heavy (non-hydrogen) atoms. The summed E-state index contributed by atoms with van der Waals surface area (Å²) in [4.78, 5) is 14.4. The van der Waals surface area contributed by atoms with Crippen molar-refractivity contribution in [2.75, 3.05) is 20.2 Å². The first-order chi connectivity index (χ1) is 13.5. The maximum absolute atomic E-state index is 13.1. The van der Waals surface area contributed by atoms with Gasteiger partial charge in [-0.25, -0.2) is 0 Å². The first-order valence-corrected chi connectivity index (χ1v) is 10.3. The lowest BCUT2D eigenvalue weighted by Gasteiger charge is -2.55. The third-order valence-electron chi connectivity index (χ3n) is 7.13. The van der Waals surface area contributed by atoms with Gasteiger partial charge in [0.05, 0.1) is 18.3 Å². The Bertz CT molecular complexity index is 781. The second-order valence-corrected chi connectivity index (χ2v) is 9.53. The van der Waals surface area contributed by atoms with Crippen LogP contribution in [0.3, 0.4) is 0 Å². The van der Waals surface area contributed by atoms with Crippen molar-refractivity contribution < 1.29 is 27.8 Å². The van der Waals surface area contributed by atoms with Crippen molar-refractivity contribution in [1.29, 1.82) is 0 Å². The van der Waals surface area contributed by atoms with E-state index in [9.17, 15) is 23.1 Å². The number of aliphatic hydroxyl groups is 1. The number of hydrogen-bond acceptors (Lipinski definition) is 3. The predicted molar refractivity (Wildman–Crippen MR) is 102 cm³/mol. The molecule has 1 saturated heterocycles. The fourth-order valence-electron chi connectivity index (χ4n) is 5.43. The Labute approximate surface area is 169 Å². The summed E-state index contributed by atoms with van der Waals surface area (Å²) in [6.07, 6.45) is 0.459. The van der Waals surface area contributed by atoms with Gasteiger partial charge in [0.1, 0.15) is 5.75 Å². The van der Waals surface area contributed by atoms with Crippen LogP contribution in [0.15, 0.2) is 18.2 Å². The van der Waals surface area contributed by atoms with E-state index >= 15 is 0 Å². The standard InChI is InChI=1S/C22H28F3NO3/c1-20(28)10-16(11-20)19(27)26-12-21(13-26)7-5-14(6-8-21)15-3-4-17(22(23,24)25)18(9-15)29-2/h3-4,9,14,16,28H,5-8,10-13H2,1-2H3/t16-,20+. The lowest BCUT2D eigenvalue weighted by molar-refractivity contribution is -0.163. The summed E-state index contributed by atoms with van der Waals surface area (Å²) in [7, 11) is 1.27. The molecule has 4 rings (SSSR count). The number of carbonyl (C=O) groups is 1. The fraction of sp³-hybridized carbons (Fsp3) is 0.682. The summed E-state index contributed by atoms with van der Waals surface area (Å²) in [5.41, 5.74) is -0.370. The van der Waals surface area contributed by atoms with Gasteiger partial charge in [-0.2, -0.15) is 13.2 Å². The molecule has 0 aromatic heterocycles. The van der Waals surface area contributed by atoms with Crippen LogP contribution >= 0.6 is 0 Å². The summed E-state index contributed by atoms with van der Waals surface area (Å²) in [6.45, 7) is 3.31. The number of rotatable bonds is 3. The van der Waals surface area contributed by atoms with Crippen LogP contribution in [0.4, 0.5) is 13.2 Å². The number of benzene rings is 1. The minimum atomic E-state index is -4.42. The normalized spacial score (nSPS) is 29.3. The third kappa shape index (κ3) is 3.86. The Kier molecular flexibility index (Phi) is 4.88. The molecule has 2 saturated carbocycles. The van der Waals surface area contributed by atoms with Crippen LogP contribution in [-0.2, 0) is 11.0 Å². The van der Waals surface area contributed by atoms with Gasteiger partial charge in [0.2, 0.25) is 5.91 Å². The highest BCUT2D eigenvalue weighted by Gasteiger charge is 2.51.